The number of benzene rings is 2. The molecule has 10 nitrogen and oxygen atoms in total. The fourth-order valence-electron chi connectivity index (χ4n) is 4.47. The molecule has 0 radical (unpaired) electrons. The topological polar surface area (TPSA) is 146 Å². The van der Waals surface area contributed by atoms with Crippen LogP contribution in [0.2, 0.25) is 0 Å². The number of Topliss-reactive ketones (excluding diaryl/α,β-unsaturated/α-hetero) is 2. The van der Waals surface area contributed by atoms with Gasteiger partial charge < -0.3 is 29.2 Å². The number of carboxylic acid groups (broad SMARTS) is 2. The van der Waals surface area contributed by atoms with Gasteiger partial charge in [0.1, 0.15) is 0 Å². The van der Waals surface area contributed by atoms with E-state index >= 15 is 4.39 Å². The highest BCUT2D eigenvalue weighted by Crippen LogP contribution is 2.41. The second kappa shape index (κ2) is 14.7. The molecule has 0 spiro atoms. The van der Waals surface area contributed by atoms with E-state index in [-0.39, 0.29) is 52.8 Å². The maximum atomic E-state index is 15.5. The molecule has 0 unspecified atom stereocenters. The summed E-state index contributed by atoms with van der Waals surface area (Å²) in [5.41, 5.74) is 0. The van der Waals surface area contributed by atoms with Gasteiger partial charge in [0, 0.05) is 39.8 Å². The van der Waals surface area contributed by atoms with Gasteiger partial charge in [0.2, 0.25) is 0 Å². The zero-order valence-corrected chi connectivity index (χ0v) is 26.8. The minimum absolute atomic E-state index is 0.0747. The summed E-state index contributed by atoms with van der Waals surface area (Å²) >= 11 is 2.34. The lowest BCUT2D eigenvalue weighted by Crippen LogP contribution is -2.13. The number of ether oxygens (including phenoxy) is 4. The summed E-state index contributed by atoms with van der Waals surface area (Å²) in [6.45, 7) is 3.41. The van der Waals surface area contributed by atoms with Gasteiger partial charge in [-0.3, -0.25) is 19.2 Å². The van der Waals surface area contributed by atoms with Gasteiger partial charge in [-0.1, -0.05) is 13.8 Å². The third kappa shape index (κ3) is 7.90. The number of methoxy groups -OCH3 is 2. The van der Waals surface area contributed by atoms with Crippen LogP contribution < -0.4 is 18.9 Å². The number of hydrogen-bond donors (Lipinski definition) is 2. The summed E-state index contributed by atoms with van der Waals surface area (Å²) in [5.74, 6) is -3.92. The summed E-state index contributed by atoms with van der Waals surface area (Å²) in [5, 5.41) is 19.2. The molecule has 45 heavy (non-hydrogen) atoms. The molecular weight excluding hydrogens is 627 g/mol. The van der Waals surface area contributed by atoms with Crippen molar-refractivity contribution in [1.29, 1.82) is 0 Å². The molecule has 0 aliphatic carbocycles. The second-order valence-electron chi connectivity index (χ2n) is 10.5. The van der Waals surface area contributed by atoms with Crippen LogP contribution in [-0.2, 0) is 9.59 Å². The lowest BCUT2D eigenvalue weighted by molar-refractivity contribution is -0.141. The highest BCUT2D eigenvalue weighted by Gasteiger charge is 2.23. The molecule has 2 N–H and O–H groups in total. The van der Waals surface area contributed by atoms with Gasteiger partial charge in [0.15, 0.2) is 40.4 Å². The van der Waals surface area contributed by atoms with Crippen LogP contribution in [0.5, 0.6) is 23.0 Å². The summed E-state index contributed by atoms with van der Waals surface area (Å²) in [7, 11) is 2.90. The Kier molecular flexibility index (Phi) is 11.0. The Morgan fingerprint density at radius 2 is 1.27 bits per heavy atom. The summed E-state index contributed by atoms with van der Waals surface area (Å²) in [6.07, 6.45) is 0.807. The van der Waals surface area contributed by atoms with Crippen LogP contribution in [0.3, 0.4) is 0 Å². The van der Waals surface area contributed by atoms with Gasteiger partial charge in [-0.05, 0) is 36.4 Å². The Morgan fingerprint density at radius 1 is 0.733 bits per heavy atom. The predicted octanol–water partition coefficient (Wildman–Crippen LogP) is 7.10. The number of thiophene rings is 2. The largest absolute Gasteiger partial charge is 0.493 e. The summed E-state index contributed by atoms with van der Waals surface area (Å²) in [6, 6.07) is 8.28. The van der Waals surface area contributed by atoms with Crippen molar-refractivity contribution < 1.29 is 52.7 Å². The zero-order chi connectivity index (χ0) is 32.8. The number of carbonyl (C=O) groups is 4. The van der Waals surface area contributed by atoms with Crippen LogP contribution in [0.1, 0.15) is 58.9 Å². The van der Waals surface area contributed by atoms with Crippen molar-refractivity contribution in [2.75, 3.05) is 27.4 Å². The molecule has 0 bridgehead atoms. The lowest BCUT2D eigenvalue weighted by atomic mass is 10.0. The van der Waals surface area contributed by atoms with E-state index in [0.717, 1.165) is 21.4 Å². The number of rotatable bonds is 17. The van der Waals surface area contributed by atoms with Gasteiger partial charge in [-0.2, -0.15) is 0 Å². The number of fused-ring (bicyclic) bond motifs is 2. The molecule has 0 aliphatic rings. The highest BCUT2D eigenvalue weighted by molar-refractivity contribution is 7.21. The molecule has 13 heteroatoms. The van der Waals surface area contributed by atoms with Crippen molar-refractivity contribution in [2.24, 2.45) is 11.8 Å². The van der Waals surface area contributed by atoms with E-state index in [1.165, 1.54) is 45.5 Å². The van der Waals surface area contributed by atoms with Gasteiger partial charge >= 0.3 is 11.9 Å². The average molecular weight is 661 g/mol. The molecule has 2 aromatic heterocycles. The maximum Gasteiger partial charge on any atom is 0.306 e. The molecule has 0 amide bonds. The first-order valence-electron chi connectivity index (χ1n) is 14.1. The summed E-state index contributed by atoms with van der Waals surface area (Å²) in [4.78, 5) is 48.1. The number of hydrogen-bond acceptors (Lipinski definition) is 10. The van der Waals surface area contributed by atoms with Gasteiger partial charge in [-0.15, -0.1) is 22.7 Å². The fourth-order valence-corrected chi connectivity index (χ4v) is 6.53. The van der Waals surface area contributed by atoms with Crippen molar-refractivity contribution >= 4 is 66.4 Å². The van der Waals surface area contributed by atoms with Crippen molar-refractivity contribution in [2.45, 2.75) is 39.5 Å². The quantitative estimate of drug-likeness (QED) is 0.0888. The number of halogens is 1. The third-order valence-corrected chi connectivity index (χ3v) is 9.39. The normalized spacial score (nSPS) is 12.6. The van der Waals surface area contributed by atoms with Crippen molar-refractivity contribution in [1.82, 2.24) is 0 Å². The first-order chi connectivity index (χ1) is 21.4. The van der Waals surface area contributed by atoms with Crippen molar-refractivity contribution in [3.05, 3.63) is 45.9 Å². The van der Waals surface area contributed by atoms with E-state index in [1.54, 1.807) is 24.3 Å². The molecule has 0 saturated heterocycles. The van der Waals surface area contributed by atoms with Crippen molar-refractivity contribution in [3.8, 4) is 23.0 Å². The van der Waals surface area contributed by atoms with Crippen LogP contribution in [0.4, 0.5) is 4.39 Å². The number of unbranched alkanes of at least 4 members (excludes halogenated alkanes) is 1. The molecule has 240 valence electrons. The summed E-state index contributed by atoms with van der Waals surface area (Å²) < 4.78 is 39.2. The number of carboxylic acids is 2. The zero-order valence-electron chi connectivity index (χ0n) is 25.1. The SMILES string of the molecule is COc1cc2sc(C(=O)C[C@H](C)C(=O)O)cc2cc1OCCCCOc1c(OC)cc2sc(C(=O)C[C@H](C)C(=O)O)cc2c1F. The van der Waals surface area contributed by atoms with Crippen LogP contribution in [0.15, 0.2) is 30.3 Å². The van der Waals surface area contributed by atoms with E-state index in [4.69, 9.17) is 29.2 Å². The molecule has 2 heterocycles. The van der Waals surface area contributed by atoms with E-state index in [9.17, 15) is 19.2 Å². The van der Waals surface area contributed by atoms with E-state index in [2.05, 4.69) is 0 Å². The van der Waals surface area contributed by atoms with Crippen LogP contribution in [0, 0.1) is 17.7 Å². The van der Waals surface area contributed by atoms with Crippen LogP contribution in [0.25, 0.3) is 20.2 Å². The van der Waals surface area contributed by atoms with E-state index in [1.807, 2.05) is 0 Å². The Hall–Kier alpha value is -4.23. The number of ketones is 2. The van der Waals surface area contributed by atoms with Gasteiger partial charge in [0.25, 0.3) is 0 Å². The average Bonchev–Trinajstić information content (AvgIpc) is 3.63. The Bertz CT molecular complexity index is 1740. The Balaban J connectivity index is 1.36. The second-order valence-corrected chi connectivity index (χ2v) is 12.7. The Morgan fingerprint density at radius 3 is 1.84 bits per heavy atom. The van der Waals surface area contributed by atoms with E-state index < -0.39 is 29.6 Å². The number of carbonyl (C=O) groups excluding carboxylic acids is 2. The first kappa shape index (κ1) is 33.7. The molecule has 2 aromatic carbocycles. The van der Waals surface area contributed by atoms with Crippen LogP contribution in [-0.4, -0.2) is 61.2 Å². The minimum Gasteiger partial charge on any atom is -0.493 e. The monoisotopic (exact) mass is 660 g/mol. The molecule has 0 aliphatic heterocycles. The number of aliphatic carboxylic acids is 2. The fraction of sp³-hybridized carbons (Fsp3) is 0.375. The predicted molar refractivity (Wildman–Crippen MR) is 168 cm³/mol. The van der Waals surface area contributed by atoms with Gasteiger partial charge in [0.05, 0.1) is 49.0 Å². The lowest BCUT2D eigenvalue weighted by Gasteiger charge is -2.13. The van der Waals surface area contributed by atoms with Crippen LogP contribution >= 0.6 is 22.7 Å². The molecule has 4 aromatic rings. The minimum atomic E-state index is -1.08. The van der Waals surface area contributed by atoms with Gasteiger partial charge in [-0.25, -0.2) is 4.39 Å². The maximum absolute atomic E-state index is 15.5. The molecule has 4 rings (SSSR count). The third-order valence-electron chi connectivity index (χ3n) is 7.12. The van der Waals surface area contributed by atoms with Crippen molar-refractivity contribution in [3.63, 3.8) is 0 Å². The molecule has 2 atom stereocenters. The Labute approximate surface area is 266 Å². The molecule has 0 saturated carbocycles. The van der Waals surface area contributed by atoms with E-state index in [0.29, 0.717) is 40.5 Å². The molecule has 0 fully saturated rings. The smallest absolute Gasteiger partial charge is 0.306 e. The molecular formula is C32H33FO10S2. The first-order valence-corrected chi connectivity index (χ1v) is 15.8. The standard InChI is InChI=1S/C32H33FO10S2/c1-16(31(36)37)9-20(34)27-12-18-11-23(22(40-3)14-25(18)44-27)42-7-5-6-8-43-30-24(41-4)15-26-19(29(30)33)13-28(45-26)21(35)10-17(2)32(38)39/h11-17H,5-10H2,1-4H3,(H,36,37)(H,38,39)/t16-,17-/m0/s1. The highest BCUT2D eigenvalue weighted by atomic mass is 32.1.